The second kappa shape index (κ2) is 4.83. The van der Waals surface area contributed by atoms with Crippen molar-refractivity contribution in [2.75, 3.05) is 19.7 Å². The van der Waals surface area contributed by atoms with E-state index in [9.17, 15) is 9.59 Å². The average Bonchev–Trinajstić information content (AvgIpc) is 2.07. The van der Waals surface area contributed by atoms with Crippen molar-refractivity contribution in [2.45, 2.75) is 19.8 Å². The lowest BCUT2D eigenvalue weighted by Crippen LogP contribution is -2.40. The van der Waals surface area contributed by atoms with E-state index < -0.39 is 5.97 Å². The number of carboxylic acids is 1. The molecule has 0 aromatic carbocycles. The average molecular weight is 201 g/mol. The molecule has 1 aliphatic rings. The van der Waals surface area contributed by atoms with Gasteiger partial charge in [0.2, 0.25) is 0 Å². The molecule has 1 fully saturated rings. The number of ether oxygens (including phenoxy) is 1. The van der Waals surface area contributed by atoms with E-state index >= 15 is 0 Å². The summed E-state index contributed by atoms with van der Waals surface area (Å²) in [6.45, 7) is 3.42. The van der Waals surface area contributed by atoms with E-state index in [2.05, 4.69) is 0 Å². The zero-order chi connectivity index (χ0) is 10.6. The van der Waals surface area contributed by atoms with Gasteiger partial charge in [-0.05, 0) is 12.3 Å². The van der Waals surface area contributed by atoms with Crippen LogP contribution in [0.1, 0.15) is 19.8 Å². The summed E-state index contributed by atoms with van der Waals surface area (Å²) >= 11 is 0. The second-order valence-electron chi connectivity index (χ2n) is 3.62. The van der Waals surface area contributed by atoms with Crippen LogP contribution in [0, 0.1) is 5.92 Å². The number of rotatable bonds is 4. The molecule has 5 nitrogen and oxygen atoms in total. The molecule has 0 aliphatic carbocycles. The van der Waals surface area contributed by atoms with Gasteiger partial charge in [-0.15, -0.1) is 0 Å². The quantitative estimate of drug-likeness (QED) is 0.735. The van der Waals surface area contributed by atoms with Gasteiger partial charge in [0.25, 0.3) is 0 Å². The van der Waals surface area contributed by atoms with Gasteiger partial charge in [-0.3, -0.25) is 4.79 Å². The molecule has 0 bridgehead atoms. The summed E-state index contributed by atoms with van der Waals surface area (Å²) in [6.07, 6.45) is 0.587. The molecule has 5 heteroatoms. The smallest absolute Gasteiger partial charge is 0.409 e. The Morgan fingerprint density at radius 1 is 1.71 bits per heavy atom. The molecule has 0 aromatic heterocycles. The van der Waals surface area contributed by atoms with Crippen LogP contribution in [0.15, 0.2) is 0 Å². The third-order valence-electron chi connectivity index (χ3n) is 2.11. The van der Waals surface area contributed by atoms with Crippen molar-refractivity contribution < 1.29 is 19.4 Å². The molecule has 1 amide bonds. The van der Waals surface area contributed by atoms with Gasteiger partial charge in [-0.25, -0.2) is 4.79 Å². The third kappa shape index (κ3) is 3.24. The Kier molecular flexibility index (Phi) is 3.73. The minimum absolute atomic E-state index is 0.0295. The van der Waals surface area contributed by atoms with Gasteiger partial charge < -0.3 is 14.7 Å². The molecule has 0 spiro atoms. The fraction of sp³-hybridized carbons (Fsp3) is 0.778. The second-order valence-corrected chi connectivity index (χ2v) is 3.62. The fourth-order valence-corrected chi connectivity index (χ4v) is 1.50. The van der Waals surface area contributed by atoms with E-state index in [0.717, 1.165) is 6.42 Å². The van der Waals surface area contributed by atoms with Gasteiger partial charge in [0.05, 0.1) is 6.61 Å². The molecule has 1 N–H and O–H groups in total. The number of hydrogen-bond acceptors (Lipinski definition) is 3. The maximum Gasteiger partial charge on any atom is 0.409 e. The molecule has 1 saturated heterocycles. The minimum Gasteiger partial charge on any atom is -0.481 e. The molecule has 14 heavy (non-hydrogen) atoms. The molecule has 1 atom stereocenters. The number of carbonyl (C=O) groups is 2. The molecule has 0 radical (unpaired) electrons. The summed E-state index contributed by atoms with van der Waals surface area (Å²) in [5.74, 6) is -0.860. The summed E-state index contributed by atoms with van der Waals surface area (Å²) in [6, 6.07) is 0. The van der Waals surface area contributed by atoms with Crippen LogP contribution in [0.5, 0.6) is 0 Å². The number of carbonyl (C=O) groups excluding carboxylic acids is 1. The Morgan fingerprint density at radius 2 is 2.43 bits per heavy atom. The summed E-state index contributed by atoms with van der Waals surface area (Å²) in [5.41, 5.74) is 0. The van der Waals surface area contributed by atoms with E-state index in [1.165, 1.54) is 0 Å². The van der Waals surface area contributed by atoms with Crippen LogP contribution >= 0.6 is 0 Å². The maximum absolute atomic E-state index is 11.2. The lowest BCUT2D eigenvalue weighted by Gasteiger charge is -2.28. The zero-order valence-electron chi connectivity index (χ0n) is 8.23. The lowest BCUT2D eigenvalue weighted by molar-refractivity contribution is -0.138. The minimum atomic E-state index is -0.831. The van der Waals surface area contributed by atoms with Crippen molar-refractivity contribution in [1.82, 2.24) is 4.90 Å². The van der Waals surface area contributed by atoms with Crippen LogP contribution < -0.4 is 0 Å². The van der Waals surface area contributed by atoms with Crippen LogP contribution in [0.3, 0.4) is 0 Å². The number of nitrogens with zero attached hydrogens (tertiary/aromatic N) is 1. The van der Waals surface area contributed by atoms with Gasteiger partial charge in [0.15, 0.2) is 0 Å². The standard InChI is InChI=1S/C9H15NO4/c1-7(5-8(11)12)6-10-3-2-4-14-9(10)13/h7H,2-6H2,1H3,(H,11,12). The molecule has 0 aromatic rings. The topological polar surface area (TPSA) is 66.8 Å². The van der Waals surface area contributed by atoms with E-state index in [-0.39, 0.29) is 18.4 Å². The lowest BCUT2D eigenvalue weighted by atomic mass is 10.1. The Bertz CT molecular complexity index is 229. The maximum atomic E-state index is 11.2. The highest BCUT2D eigenvalue weighted by molar-refractivity contribution is 5.69. The van der Waals surface area contributed by atoms with Crippen molar-refractivity contribution in [2.24, 2.45) is 5.92 Å². The Hall–Kier alpha value is -1.26. The molecular weight excluding hydrogens is 186 g/mol. The highest BCUT2D eigenvalue weighted by atomic mass is 16.6. The first-order valence-electron chi connectivity index (χ1n) is 4.73. The van der Waals surface area contributed by atoms with Gasteiger partial charge >= 0.3 is 12.1 Å². The molecule has 1 rings (SSSR count). The summed E-state index contributed by atoms with van der Waals surface area (Å²) in [4.78, 5) is 23.1. The summed E-state index contributed by atoms with van der Waals surface area (Å²) in [5, 5.41) is 8.54. The van der Waals surface area contributed by atoms with Crippen molar-refractivity contribution in [1.29, 1.82) is 0 Å². The van der Waals surface area contributed by atoms with Crippen LogP contribution in [0.2, 0.25) is 0 Å². The summed E-state index contributed by atoms with van der Waals surface area (Å²) in [7, 11) is 0. The first kappa shape index (κ1) is 10.8. The van der Waals surface area contributed by atoms with Crippen LogP contribution in [-0.4, -0.2) is 41.8 Å². The highest BCUT2D eigenvalue weighted by Crippen LogP contribution is 2.10. The van der Waals surface area contributed by atoms with Crippen LogP contribution in [0.25, 0.3) is 0 Å². The molecule has 1 aliphatic heterocycles. The largest absolute Gasteiger partial charge is 0.481 e. The predicted octanol–water partition coefficient (Wildman–Crippen LogP) is 0.940. The van der Waals surface area contributed by atoms with Gasteiger partial charge in [0.1, 0.15) is 0 Å². The number of aliphatic carboxylic acids is 1. The molecule has 1 heterocycles. The van der Waals surface area contributed by atoms with Gasteiger partial charge in [-0.2, -0.15) is 0 Å². The number of hydrogen-bond donors (Lipinski definition) is 1. The third-order valence-corrected chi connectivity index (χ3v) is 2.11. The van der Waals surface area contributed by atoms with Crippen LogP contribution in [0.4, 0.5) is 4.79 Å². The van der Waals surface area contributed by atoms with E-state index in [4.69, 9.17) is 9.84 Å². The van der Waals surface area contributed by atoms with Crippen LogP contribution in [-0.2, 0) is 9.53 Å². The molecular formula is C9H15NO4. The Balaban J connectivity index is 2.34. The Morgan fingerprint density at radius 3 is 3.00 bits per heavy atom. The first-order chi connectivity index (χ1) is 6.59. The SMILES string of the molecule is CC(CC(=O)O)CN1CCCOC1=O. The first-order valence-corrected chi connectivity index (χ1v) is 4.73. The Labute approximate surface area is 82.6 Å². The molecule has 0 saturated carbocycles. The fourth-order valence-electron chi connectivity index (χ4n) is 1.50. The predicted molar refractivity (Wildman–Crippen MR) is 49.0 cm³/mol. The van der Waals surface area contributed by atoms with Crippen molar-refractivity contribution in [3.63, 3.8) is 0 Å². The normalized spacial score (nSPS) is 18.9. The number of amides is 1. The highest BCUT2D eigenvalue weighted by Gasteiger charge is 2.22. The number of cyclic esters (lactones) is 1. The van der Waals surface area contributed by atoms with E-state index in [1.54, 1.807) is 4.90 Å². The van der Waals surface area contributed by atoms with Gasteiger partial charge in [0, 0.05) is 19.5 Å². The van der Waals surface area contributed by atoms with E-state index in [0.29, 0.717) is 19.7 Å². The molecule has 1 unspecified atom stereocenters. The zero-order valence-corrected chi connectivity index (χ0v) is 8.23. The molecule has 80 valence electrons. The monoisotopic (exact) mass is 201 g/mol. The summed E-state index contributed by atoms with van der Waals surface area (Å²) < 4.78 is 4.84. The van der Waals surface area contributed by atoms with Crippen molar-refractivity contribution in [3.05, 3.63) is 0 Å². The van der Waals surface area contributed by atoms with Gasteiger partial charge in [-0.1, -0.05) is 6.92 Å². The van der Waals surface area contributed by atoms with Crippen molar-refractivity contribution in [3.8, 4) is 0 Å². The van der Waals surface area contributed by atoms with E-state index in [1.807, 2.05) is 6.92 Å². The number of carboxylic acid groups (broad SMARTS) is 1. The van der Waals surface area contributed by atoms with Crippen molar-refractivity contribution >= 4 is 12.1 Å².